The first kappa shape index (κ1) is 17.9. The highest BCUT2D eigenvalue weighted by atomic mass is 19.1. The second kappa shape index (κ2) is 7.77. The minimum Gasteiger partial charge on any atom is -0.481 e. The van der Waals surface area contributed by atoms with Crippen LogP contribution in [0, 0.1) is 11.2 Å². The van der Waals surface area contributed by atoms with Crippen molar-refractivity contribution in [2.24, 2.45) is 5.41 Å². The lowest BCUT2D eigenvalue weighted by Gasteiger charge is -2.32. The Balaban J connectivity index is 2.64. The van der Waals surface area contributed by atoms with Gasteiger partial charge in [-0.05, 0) is 29.5 Å². The molecule has 0 saturated heterocycles. The molecule has 1 aromatic rings. The van der Waals surface area contributed by atoms with Crippen molar-refractivity contribution in [1.82, 2.24) is 10.6 Å². The normalized spacial score (nSPS) is 12.5. The van der Waals surface area contributed by atoms with Crippen LogP contribution in [-0.2, 0) is 4.79 Å². The zero-order valence-corrected chi connectivity index (χ0v) is 13.1. The molecule has 122 valence electrons. The molecular formula is C16H23FN2O3. The Kier molecular flexibility index (Phi) is 6.34. The Bertz CT molecular complexity index is 509. The van der Waals surface area contributed by atoms with Crippen LogP contribution in [0.15, 0.2) is 24.3 Å². The molecule has 2 amide bonds. The summed E-state index contributed by atoms with van der Waals surface area (Å²) >= 11 is 0. The molecule has 0 bridgehead atoms. The van der Waals surface area contributed by atoms with Crippen molar-refractivity contribution >= 4 is 12.0 Å². The van der Waals surface area contributed by atoms with Gasteiger partial charge in [-0.15, -0.1) is 0 Å². The number of nitrogens with one attached hydrogen (secondary N) is 2. The second-order valence-electron chi connectivity index (χ2n) is 6.25. The van der Waals surface area contributed by atoms with Gasteiger partial charge in [0, 0.05) is 13.0 Å². The third-order valence-electron chi connectivity index (χ3n) is 3.20. The lowest BCUT2D eigenvalue weighted by Crippen LogP contribution is -2.42. The van der Waals surface area contributed by atoms with Crippen LogP contribution in [0.25, 0.3) is 0 Å². The van der Waals surface area contributed by atoms with Gasteiger partial charge in [0.2, 0.25) is 0 Å². The van der Waals surface area contributed by atoms with E-state index in [0.29, 0.717) is 13.0 Å². The van der Waals surface area contributed by atoms with E-state index in [4.69, 9.17) is 5.11 Å². The summed E-state index contributed by atoms with van der Waals surface area (Å²) in [5.41, 5.74) is 0.561. The lowest BCUT2D eigenvalue weighted by molar-refractivity contribution is -0.137. The smallest absolute Gasteiger partial charge is 0.315 e. The molecule has 0 aliphatic carbocycles. The molecule has 0 aromatic heterocycles. The van der Waals surface area contributed by atoms with Crippen molar-refractivity contribution in [3.05, 3.63) is 35.6 Å². The zero-order valence-electron chi connectivity index (χ0n) is 13.1. The highest BCUT2D eigenvalue weighted by Gasteiger charge is 2.27. The SMILES string of the molecule is CC(C)(C)C(NC(=O)NCCCC(=O)O)c1ccc(F)cc1. The predicted octanol–water partition coefficient (Wildman–Crippen LogP) is 3.08. The second-order valence-corrected chi connectivity index (χ2v) is 6.25. The number of rotatable bonds is 6. The van der Waals surface area contributed by atoms with E-state index >= 15 is 0 Å². The summed E-state index contributed by atoms with van der Waals surface area (Å²) in [6.07, 6.45) is 0.389. The standard InChI is InChI=1S/C16H23FN2O3/c1-16(2,3)14(11-6-8-12(17)9-7-11)19-15(22)18-10-4-5-13(20)21/h6-9,14H,4-5,10H2,1-3H3,(H,20,21)(H2,18,19,22). The summed E-state index contributed by atoms with van der Waals surface area (Å²) in [7, 11) is 0. The van der Waals surface area contributed by atoms with Crippen LogP contribution < -0.4 is 10.6 Å². The van der Waals surface area contributed by atoms with Crippen LogP contribution in [-0.4, -0.2) is 23.7 Å². The van der Waals surface area contributed by atoms with E-state index in [1.807, 2.05) is 20.8 Å². The van der Waals surface area contributed by atoms with Gasteiger partial charge in [-0.3, -0.25) is 4.79 Å². The van der Waals surface area contributed by atoms with Crippen LogP contribution in [0.2, 0.25) is 0 Å². The average Bonchev–Trinajstić information content (AvgIpc) is 2.41. The van der Waals surface area contributed by atoms with Crippen LogP contribution in [0.4, 0.5) is 9.18 Å². The Morgan fingerprint density at radius 3 is 2.32 bits per heavy atom. The first-order chi connectivity index (χ1) is 10.2. The maximum Gasteiger partial charge on any atom is 0.315 e. The first-order valence-electron chi connectivity index (χ1n) is 7.22. The fourth-order valence-electron chi connectivity index (χ4n) is 2.08. The summed E-state index contributed by atoms with van der Waals surface area (Å²) in [4.78, 5) is 22.3. The molecule has 0 fully saturated rings. The van der Waals surface area contributed by atoms with E-state index < -0.39 is 5.97 Å². The molecule has 3 N–H and O–H groups in total. The largest absolute Gasteiger partial charge is 0.481 e. The lowest BCUT2D eigenvalue weighted by atomic mass is 9.82. The molecule has 1 unspecified atom stereocenters. The van der Waals surface area contributed by atoms with E-state index in [1.54, 1.807) is 12.1 Å². The van der Waals surface area contributed by atoms with E-state index in [0.717, 1.165) is 5.56 Å². The molecule has 0 radical (unpaired) electrons. The summed E-state index contributed by atoms with van der Waals surface area (Å²) < 4.78 is 13.0. The summed E-state index contributed by atoms with van der Waals surface area (Å²) in [5.74, 6) is -1.21. The third-order valence-corrected chi connectivity index (χ3v) is 3.20. The maximum atomic E-state index is 13.0. The van der Waals surface area contributed by atoms with Crippen molar-refractivity contribution in [2.75, 3.05) is 6.54 Å². The van der Waals surface area contributed by atoms with Crippen molar-refractivity contribution < 1.29 is 19.1 Å². The van der Waals surface area contributed by atoms with Crippen molar-refractivity contribution in [1.29, 1.82) is 0 Å². The monoisotopic (exact) mass is 310 g/mol. The van der Waals surface area contributed by atoms with Crippen LogP contribution in [0.5, 0.6) is 0 Å². The molecule has 1 atom stereocenters. The number of urea groups is 1. The van der Waals surface area contributed by atoms with Gasteiger partial charge in [-0.25, -0.2) is 9.18 Å². The number of carbonyl (C=O) groups is 2. The number of hydrogen-bond acceptors (Lipinski definition) is 2. The van der Waals surface area contributed by atoms with E-state index in [-0.39, 0.29) is 29.7 Å². The van der Waals surface area contributed by atoms with E-state index in [2.05, 4.69) is 10.6 Å². The zero-order chi connectivity index (χ0) is 16.8. The average molecular weight is 310 g/mol. The number of benzene rings is 1. The van der Waals surface area contributed by atoms with Crippen molar-refractivity contribution in [2.45, 2.75) is 39.7 Å². The summed E-state index contributed by atoms with van der Waals surface area (Å²) in [6.45, 7) is 6.22. The molecule has 0 spiro atoms. The first-order valence-corrected chi connectivity index (χ1v) is 7.22. The molecule has 0 saturated carbocycles. The molecule has 1 aromatic carbocycles. The Morgan fingerprint density at radius 2 is 1.82 bits per heavy atom. The predicted molar refractivity (Wildman–Crippen MR) is 82.0 cm³/mol. The van der Waals surface area contributed by atoms with Gasteiger partial charge in [0.1, 0.15) is 5.82 Å². The van der Waals surface area contributed by atoms with Gasteiger partial charge in [-0.1, -0.05) is 32.9 Å². The summed E-state index contributed by atoms with van der Waals surface area (Å²) in [5, 5.41) is 14.0. The highest BCUT2D eigenvalue weighted by molar-refractivity contribution is 5.74. The van der Waals surface area contributed by atoms with Crippen LogP contribution in [0.3, 0.4) is 0 Å². The minimum atomic E-state index is -0.888. The minimum absolute atomic E-state index is 0.0148. The molecule has 0 aliphatic rings. The van der Waals surface area contributed by atoms with Gasteiger partial charge in [0.25, 0.3) is 0 Å². The van der Waals surface area contributed by atoms with E-state index in [9.17, 15) is 14.0 Å². The third kappa shape index (κ3) is 6.11. The maximum absolute atomic E-state index is 13.0. The molecule has 0 aliphatic heterocycles. The van der Waals surface area contributed by atoms with E-state index in [1.165, 1.54) is 12.1 Å². The van der Waals surface area contributed by atoms with Crippen LogP contribution >= 0.6 is 0 Å². The fourth-order valence-corrected chi connectivity index (χ4v) is 2.08. The van der Waals surface area contributed by atoms with Crippen LogP contribution in [0.1, 0.15) is 45.2 Å². The molecule has 0 heterocycles. The number of carbonyl (C=O) groups excluding carboxylic acids is 1. The van der Waals surface area contributed by atoms with Gasteiger partial charge >= 0.3 is 12.0 Å². The summed E-state index contributed by atoms with van der Waals surface area (Å²) in [6, 6.07) is 5.37. The number of hydrogen-bond donors (Lipinski definition) is 3. The fraction of sp³-hybridized carbons (Fsp3) is 0.500. The Hall–Kier alpha value is -2.11. The number of amides is 2. The number of aliphatic carboxylic acids is 1. The topological polar surface area (TPSA) is 78.4 Å². The molecule has 22 heavy (non-hydrogen) atoms. The van der Waals surface area contributed by atoms with Crippen molar-refractivity contribution in [3.63, 3.8) is 0 Å². The molecule has 6 heteroatoms. The Morgan fingerprint density at radius 1 is 1.23 bits per heavy atom. The number of halogens is 1. The quantitative estimate of drug-likeness (QED) is 0.707. The van der Waals surface area contributed by atoms with Gasteiger partial charge in [0.15, 0.2) is 0 Å². The Labute approximate surface area is 129 Å². The van der Waals surface area contributed by atoms with Crippen molar-refractivity contribution in [3.8, 4) is 0 Å². The number of carboxylic acids is 1. The van der Waals surface area contributed by atoms with Gasteiger partial charge in [-0.2, -0.15) is 0 Å². The van der Waals surface area contributed by atoms with Gasteiger partial charge in [0.05, 0.1) is 6.04 Å². The highest BCUT2D eigenvalue weighted by Crippen LogP contribution is 2.32. The molecule has 5 nitrogen and oxygen atoms in total. The number of carboxylic acid groups (broad SMARTS) is 1. The molecule has 1 rings (SSSR count). The molecular weight excluding hydrogens is 287 g/mol. The van der Waals surface area contributed by atoms with Gasteiger partial charge < -0.3 is 15.7 Å².